The van der Waals surface area contributed by atoms with Crippen LogP contribution in [-0.4, -0.2) is 5.11 Å². The molecule has 0 saturated carbocycles. The smallest absolute Gasteiger partial charge is 0.140 e. The van der Waals surface area contributed by atoms with Crippen LogP contribution >= 0.6 is 0 Å². The topological polar surface area (TPSA) is 46.5 Å². The molecule has 0 aliphatic heterocycles. The zero-order valence-corrected chi connectivity index (χ0v) is 11.5. The predicted octanol–water partition coefficient (Wildman–Crippen LogP) is 4.17. The molecule has 2 heterocycles. The van der Waals surface area contributed by atoms with Crippen molar-refractivity contribution in [3.63, 3.8) is 0 Å². The zero-order chi connectivity index (χ0) is 14.4. The molecule has 104 valence electrons. The summed E-state index contributed by atoms with van der Waals surface area (Å²) in [5.41, 5.74) is 2.17. The Labute approximate surface area is 115 Å². The maximum atomic E-state index is 13.2. The SMILES string of the molecule is Cc1oc(C)c(C(O)c2cc3cc(F)ccc3o2)c1C. The molecule has 0 aliphatic carbocycles. The molecule has 1 aromatic carbocycles. The van der Waals surface area contributed by atoms with E-state index in [2.05, 4.69) is 0 Å². The van der Waals surface area contributed by atoms with Crippen molar-refractivity contribution in [2.75, 3.05) is 0 Å². The molecule has 0 spiro atoms. The van der Waals surface area contributed by atoms with E-state index in [9.17, 15) is 9.50 Å². The third-order valence-electron chi connectivity index (χ3n) is 3.66. The summed E-state index contributed by atoms with van der Waals surface area (Å²) in [5.74, 6) is 1.50. The largest absolute Gasteiger partial charge is 0.466 e. The molecule has 20 heavy (non-hydrogen) atoms. The maximum Gasteiger partial charge on any atom is 0.140 e. The number of hydrogen-bond donors (Lipinski definition) is 1. The van der Waals surface area contributed by atoms with Crippen LogP contribution in [0, 0.1) is 26.6 Å². The lowest BCUT2D eigenvalue weighted by molar-refractivity contribution is 0.189. The molecular weight excluding hydrogens is 259 g/mol. The fraction of sp³-hybridized carbons (Fsp3) is 0.250. The number of hydrogen-bond acceptors (Lipinski definition) is 3. The van der Waals surface area contributed by atoms with E-state index in [4.69, 9.17) is 8.83 Å². The van der Waals surface area contributed by atoms with Gasteiger partial charge < -0.3 is 13.9 Å². The van der Waals surface area contributed by atoms with Crippen molar-refractivity contribution in [3.05, 3.63) is 58.5 Å². The standard InChI is InChI=1S/C16H15FO3/c1-8-9(2)19-10(3)15(8)16(18)14-7-11-6-12(17)4-5-13(11)20-14/h4-7,16,18H,1-3H3. The first-order chi connectivity index (χ1) is 9.47. The van der Waals surface area contributed by atoms with Crippen LogP contribution in [0.1, 0.15) is 34.5 Å². The molecule has 4 heteroatoms. The summed E-state index contributed by atoms with van der Waals surface area (Å²) in [6.45, 7) is 5.56. The highest BCUT2D eigenvalue weighted by Crippen LogP contribution is 2.34. The van der Waals surface area contributed by atoms with E-state index in [1.807, 2.05) is 13.8 Å². The van der Waals surface area contributed by atoms with Crippen molar-refractivity contribution in [1.29, 1.82) is 0 Å². The third-order valence-corrected chi connectivity index (χ3v) is 3.66. The summed E-state index contributed by atoms with van der Waals surface area (Å²) in [6.07, 6.45) is -0.914. The Balaban J connectivity index is 2.10. The lowest BCUT2D eigenvalue weighted by Gasteiger charge is -2.07. The summed E-state index contributed by atoms with van der Waals surface area (Å²) in [6, 6.07) is 5.93. The average molecular weight is 274 g/mol. The minimum atomic E-state index is -0.914. The van der Waals surface area contributed by atoms with Crippen molar-refractivity contribution in [2.45, 2.75) is 26.9 Å². The fourth-order valence-corrected chi connectivity index (χ4v) is 2.52. The van der Waals surface area contributed by atoms with Crippen molar-refractivity contribution in [2.24, 2.45) is 0 Å². The molecule has 3 rings (SSSR count). The van der Waals surface area contributed by atoms with Gasteiger partial charge in [-0.2, -0.15) is 0 Å². The Hall–Kier alpha value is -2.07. The summed E-state index contributed by atoms with van der Waals surface area (Å²) in [5, 5.41) is 11.1. The second-order valence-electron chi connectivity index (χ2n) is 4.99. The van der Waals surface area contributed by atoms with Gasteiger partial charge in [-0.05, 0) is 50.6 Å². The van der Waals surface area contributed by atoms with E-state index in [1.54, 1.807) is 19.1 Å². The minimum Gasteiger partial charge on any atom is -0.466 e. The number of fused-ring (bicyclic) bond motifs is 1. The maximum absolute atomic E-state index is 13.2. The highest BCUT2D eigenvalue weighted by molar-refractivity contribution is 5.78. The number of aliphatic hydroxyl groups is 1. The molecule has 1 N–H and O–H groups in total. The van der Waals surface area contributed by atoms with Gasteiger partial charge in [0.15, 0.2) is 0 Å². The van der Waals surface area contributed by atoms with E-state index < -0.39 is 6.10 Å². The Morgan fingerprint density at radius 1 is 1.05 bits per heavy atom. The monoisotopic (exact) mass is 274 g/mol. The van der Waals surface area contributed by atoms with Gasteiger partial charge in [0.1, 0.15) is 34.8 Å². The van der Waals surface area contributed by atoms with Gasteiger partial charge in [0.25, 0.3) is 0 Å². The van der Waals surface area contributed by atoms with E-state index in [1.165, 1.54) is 12.1 Å². The van der Waals surface area contributed by atoms with Crippen LogP contribution in [0.15, 0.2) is 33.1 Å². The van der Waals surface area contributed by atoms with Crippen LogP contribution in [0.4, 0.5) is 4.39 Å². The highest BCUT2D eigenvalue weighted by atomic mass is 19.1. The number of rotatable bonds is 2. The van der Waals surface area contributed by atoms with Gasteiger partial charge in [-0.3, -0.25) is 0 Å². The molecule has 0 aliphatic rings. The van der Waals surface area contributed by atoms with Crippen LogP contribution in [0.2, 0.25) is 0 Å². The molecule has 0 bridgehead atoms. The Bertz CT molecular complexity index is 782. The van der Waals surface area contributed by atoms with Crippen LogP contribution in [0.3, 0.4) is 0 Å². The first-order valence-corrected chi connectivity index (χ1v) is 6.41. The summed E-state index contributed by atoms with van der Waals surface area (Å²) < 4.78 is 24.3. The van der Waals surface area contributed by atoms with Crippen LogP contribution in [-0.2, 0) is 0 Å². The first-order valence-electron chi connectivity index (χ1n) is 6.41. The molecular formula is C16H15FO3. The molecule has 1 atom stereocenters. The van der Waals surface area contributed by atoms with Gasteiger partial charge in [-0.15, -0.1) is 0 Å². The number of halogens is 1. The lowest BCUT2D eigenvalue weighted by atomic mass is 10.0. The number of aryl methyl sites for hydroxylation is 2. The van der Waals surface area contributed by atoms with Crippen molar-refractivity contribution in [3.8, 4) is 0 Å². The van der Waals surface area contributed by atoms with Crippen molar-refractivity contribution < 1.29 is 18.3 Å². The summed E-state index contributed by atoms with van der Waals surface area (Å²) >= 11 is 0. The second-order valence-corrected chi connectivity index (χ2v) is 4.99. The van der Waals surface area contributed by atoms with E-state index in [0.29, 0.717) is 28.1 Å². The molecule has 3 nitrogen and oxygen atoms in total. The van der Waals surface area contributed by atoms with Crippen LogP contribution < -0.4 is 0 Å². The first kappa shape index (κ1) is 12.9. The Morgan fingerprint density at radius 3 is 2.45 bits per heavy atom. The molecule has 0 radical (unpaired) electrons. The average Bonchev–Trinajstić information content (AvgIpc) is 2.91. The number of furan rings is 2. The molecule has 0 saturated heterocycles. The minimum absolute atomic E-state index is 0.328. The normalized spacial score (nSPS) is 13.1. The van der Waals surface area contributed by atoms with Crippen LogP contribution in [0.5, 0.6) is 0 Å². The lowest BCUT2D eigenvalue weighted by Crippen LogP contribution is -2.00. The Kier molecular flexibility index (Phi) is 2.91. The summed E-state index contributed by atoms with van der Waals surface area (Å²) in [4.78, 5) is 0. The van der Waals surface area contributed by atoms with Crippen molar-refractivity contribution in [1.82, 2.24) is 0 Å². The van der Waals surface area contributed by atoms with Gasteiger partial charge >= 0.3 is 0 Å². The predicted molar refractivity (Wildman–Crippen MR) is 73.2 cm³/mol. The van der Waals surface area contributed by atoms with Gasteiger partial charge in [0.2, 0.25) is 0 Å². The molecule has 2 aromatic heterocycles. The molecule has 0 amide bonds. The van der Waals surface area contributed by atoms with Crippen molar-refractivity contribution >= 4 is 11.0 Å². The van der Waals surface area contributed by atoms with Gasteiger partial charge in [0, 0.05) is 10.9 Å². The highest BCUT2D eigenvalue weighted by Gasteiger charge is 2.23. The molecule has 0 fully saturated rings. The molecule has 3 aromatic rings. The third kappa shape index (κ3) is 1.93. The fourth-order valence-electron chi connectivity index (χ4n) is 2.52. The Morgan fingerprint density at radius 2 is 1.80 bits per heavy atom. The van der Waals surface area contributed by atoms with Crippen LogP contribution in [0.25, 0.3) is 11.0 Å². The van der Waals surface area contributed by atoms with E-state index >= 15 is 0 Å². The number of aliphatic hydroxyl groups excluding tert-OH is 1. The van der Waals surface area contributed by atoms with E-state index in [-0.39, 0.29) is 5.82 Å². The quantitative estimate of drug-likeness (QED) is 0.762. The second kappa shape index (κ2) is 4.49. The molecule has 1 unspecified atom stereocenters. The van der Waals surface area contributed by atoms with Gasteiger partial charge in [-0.1, -0.05) is 0 Å². The van der Waals surface area contributed by atoms with Gasteiger partial charge in [0.05, 0.1) is 0 Å². The van der Waals surface area contributed by atoms with E-state index in [0.717, 1.165) is 11.3 Å². The summed E-state index contributed by atoms with van der Waals surface area (Å²) in [7, 11) is 0. The number of benzene rings is 1. The van der Waals surface area contributed by atoms with Gasteiger partial charge in [-0.25, -0.2) is 4.39 Å². The zero-order valence-electron chi connectivity index (χ0n) is 11.5.